The summed E-state index contributed by atoms with van der Waals surface area (Å²) in [5, 5.41) is 6.71. The highest BCUT2D eigenvalue weighted by Gasteiger charge is 2.19. The summed E-state index contributed by atoms with van der Waals surface area (Å²) in [6.45, 7) is 3.77. The molecule has 0 saturated carbocycles. The number of aryl methyl sites for hydroxylation is 2. The number of nitrogens with one attached hydrogen (secondary N) is 2. The van der Waals surface area contributed by atoms with Crippen molar-refractivity contribution >= 4 is 27.0 Å². The summed E-state index contributed by atoms with van der Waals surface area (Å²) in [6.07, 6.45) is 1.64. The second-order valence-electron chi connectivity index (χ2n) is 4.96. The molecule has 22 heavy (non-hydrogen) atoms. The number of para-hydroxylation sites is 1. The van der Waals surface area contributed by atoms with Crippen molar-refractivity contribution in [2.75, 3.05) is 4.72 Å². The van der Waals surface area contributed by atoms with E-state index in [-0.39, 0.29) is 4.21 Å². The first kappa shape index (κ1) is 14.8. The molecular weight excluding hydrogens is 318 g/mol. The SMILES string of the molecule is Cc1cccc(C)c1NS(=O)(=O)c1ccc(-c2ccn[nH]2)s1. The molecule has 2 N–H and O–H groups in total. The van der Waals surface area contributed by atoms with E-state index in [1.807, 2.05) is 32.0 Å². The minimum Gasteiger partial charge on any atom is -0.278 e. The standard InChI is InChI=1S/C15H15N3O2S2/c1-10-4-3-5-11(2)15(10)18-22(19,20)14-7-6-13(21-14)12-8-9-16-17-12/h3-9,18H,1-2H3,(H,16,17). The normalized spacial score (nSPS) is 11.5. The van der Waals surface area contributed by atoms with E-state index < -0.39 is 10.0 Å². The fourth-order valence-corrected chi connectivity index (χ4v) is 4.65. The molecule has 2 aromatic heterocycles. The molecule has 0 atom stereocenters. The number of benzene rings is 1. The van der Waals surface area contributed by atoms with Gasteiger partial charge in [0.15, 0.2) is 0 Å². The average molecular weight is 333 g/mol. The average Bonchev–Trinajstić information content (AvgIpc) is 3.13. The Morgan fingerprint density at radius 2 is 1.82 bits per heavy atom. The Bertz CT molecular complexity index is 877. The van der Waals surface area contributed by atoms with E-state index in [0.717, 1.165) is 21.7 Å². The third kappa shape index (κ3) is 2.77. The van der Waals surface area contributed by atoms with Crippen molar-refractivity contribution in [2.24, 2.45) is 0 Å². The van der Waals surface area contributed by atoms with Gasteiger partial charge in [-0.1, -0.05) is 18.2 Å². The van der Waals surface area contributed by atoms with Crippen molar-refractivity contribution < 1.29 is 8.42 Å². The molecule has 0 bridgehead atoms. The van der Waals surface area contributed by atoms with Crippen LogP contribution < -0.4 is 4.72 Å². The molecule has 114 valence electrons. The van der Waals surface area contributed by atoms with Crippen LogP contribution in [0.25, 0.3) is 10.6 Å². The Morgan fingerprint density at radius 1 is 1.09 bits per heavy atom. The molecule has 0 amide bonds. The topological polar surface area (TPSA) is 74.8 Å². The van der Waals surface area contributed by atoms with Gasteiger partial charge in [-0.05, 0) is 43.2 Å². The first-order chi connectivity index (χ1) is 10.5. The van der Waals surface area contributed by atoms with Gasteiger partial charge in [0.1, 0.15) is 4.21 Å². The van der Waals surface area contributed by atoms with E-state index in [9.17, 15) is 8.42 Å². The number of anilines is 1. The van der Waals surface area contributed by atoms with E-state index in [0.29, 0.717) is 5.69 Å². The monoisotopic (exact) mass is 333 g/mol. The Morgan fingerprint density at radius 3 is 2.45 bits per heavy atom. The molecule has 7 heteroatoms. The number of aromatic amines is 1. The zero-order valence-corrected chi connectivity index (χ0v) is 13.8. The van der Waals surface area contributed by atoms with Crippen molar-refractivity contribution in [2.45, 2.75) is 18.1 Å². The molecule has 0 radical (unpaired) electrons. The first-order valence-corrected chi connectivity index (χ1v) is 8.96. The maximum atomic E-state index is 12.6. The summed E-state index contributed by atoms with van der Waals surface area (Å²) in [5.74, 6) is 0. The van der Waals surface area contributed by atoms with Crippen LogP contribution in [0.1, 0.15) is 11.1 Å². The zero-order valence-electron chi connectivity index (χ0n) is 12.1. The first-order valence-electron chi connectivity index (χ1n) is 6.66. The highest BCUT2D eigenvalue weighted by molar-refractivity contribution is 7.94. The van der Waals surface area contributed by atoms with Gasteiger partial charge in [0.25, 0.3) is 10.0 Å². The smallest absolute Gasteiger partial charge is 0.271 e. The largest absolute Gasteiger partial charge is 0.278 e. The second-order valence-corrected chi connectivity index (χ2v) is 7.95. The van der Waals surface area contributed by atoms with Crippen LogP contribution in [-0.4, -0.2) is 18.6 Å². The molecule has 0 unspecified atom stereocenters. The van der Waals surface area contributed by atoms with Gasteiger partial charge in [0.05, 0.1) is 16.3 Å². The molecule has 0 fully saturated rings. The van der Waals surface area contributed by atoms with Crippen molar-refractivity contribution in [3.63, 3.8) is 0 Å². The number of hydrogen-bond donors (Lipinski definition) is 2. The van der Waals surface area contributed by atoms with Gasteiger partial charge in [0, 0.05) is 6.20 Å². The van der Waals surface area contributed by atoms with Crippen LogP contribution in [-0.2, 0) is 10.0 Å². The summed E-state index contributed by atoms with van der Waals surface area (Å²) in [7, 11) is -3.59. The van der Waals surface area contributed by atoms with Gasteiger partial charge in [0.2, 0.25) is 0 Å². The lowest BCUT2D eigenvalue weighted by atomic mass is 10.1. The number of nitrogens with zero attached hydrogens (tertiary/aromatic N) is 1. The van der Waals surface area contributed by atoms with Crippen LogP contribution in [0.3, 0.4) is 0 Å². The lowest BCUT2D eigenvalue weighted by molar-refractivity contribution is 0.603. The highest BCUT2D eigenvalue weighted by Crippen LogP contribution is 2.31. The Hall–Kier alpha value is -2.12. The van der Waals surface area contributed by atoms with Crippen LogP contribution in [0.15, 0.2) is 46.8 Å². The third-order valence-electron chi connectivity index (χ3n) is 3.33. The van der Waals surface area contributed by atoms with Gasteiger partial charge < -0.3 is 0 Å². The third-order valence-corrected chi connectivity index (χ3v) is 6.29. The lowest BCUT2D eigenvalue weighted by Crippen LogP contribution is -2.13. The number of H-pyrrole nitrogens is 1. The summed E-state index contributed by atoms with van der Waals surface area (Å²) in [4.78, 5) is 0.833. The van der Waals surface area contributed by atoms with Gasteiger partial charge in [-0.3, -0.25) is 9.82 Å². The van der Waals surface area contributed by atoms with Gasteiger partial charge in [-0.15, -0.1) is 11.3 Å². The number of aromatic nitrogens is 2. The molecule has 0 aliphatic rings. The van der Waals surface area contributed by atoms with Gasteiger partial charge in [-0.2, -0.15) is 5.10 Å². The van der Waals surface area contributed by atoms with Crippen LogP contribution in [0.4, 0.5) is 5.69 Å². The number of sulfonamides is 1. The van der Waals surface area contributed by atoms with Crippen molar-refractivity contribution in [1.29, 1.82) is 0 Å². The van der Waals surface area contributed by atoms with Gasteiger partial charge in [-0.25, -0.2) is 8.42 Å². The maximum Gasteiger partial charge on any atom is 0.271 e. The fourth-order valence-electron chi connectivity index (χ4n) is 2.16. The van der Waals surface area contributed by atoms with E-state index in [2.05, 4.69) is 14.9 Å². The van der Waals surface area contributed by atoms with Crippen LogP contribution in [0, 0.1) is 13.8 Å². The van der Waals surface area contributed by atoms with Crippen LogP contribution >= 0.6 is 11.3 Å². The molecule has 0 saturated heterocycles. The predicted octanol–water partition coefficient (Wildman–Crippen LogP) is 3.56. The molecule has 1 aromatic carbocycles. The Kier molecular flexibility index (Phi) is 3.76. The quantitative estimate of drug-likeness (QED) is 0.766. The summed E-state index contributed by atoms with van der Waals surface area (Å²) in [6, 6.07) is 10.9. The Labute approximate surface area is 133 Å². The molecule has 5 nitrogen and oxygen atoms in total. The fraction of sp³-hybridized carbons (Fsp3) is 0.133. The molecule has 0 spiro atoms. The van der Waals surface area contributed by atoms with E-state index in [1.165, 1.54) is 11.3 Å². The molecule has 3 rings (SSSR count). The molecular formula is C15H15N3O2S2. The van der Waals surface area contributed by atoms with Crippen LogP contribution in [0.2, 0.25) is 0 Å². The molecule has 0 aliphatic carbocycles. The van der Waals surface area contributed by atoms with E-state index in [4.69, 9.17) is 0 Å². The summed E-state index contributed by atoms with van der Waals surface area (Å²) < 4.78 is 28.1. The molecule has 3 aromatic rings. The number of hydrogen-bond acceptors (Lipinski definition) is 4. The van der Waals surface area contributed by atoms with Crippen LogP contribution in [0.5, 0.6) is 0 Å². The maximum absolute atomic E-state index is 12.6. The molecule has 0 aliphatic heterocycles. The minimum absolute atomic E-state index is 0.278. The summed E-state index contributed by atoms with van der Waals surface area (Å²) in [5.41, 5.74) is 3.24. The predicted molar refractivity (Wildman–Crippen MR) is 88.6 cm³/mol. The van der Waals surface area contributed by atoms with E-state index >= 15 is 0 Å². The van der Waals surface area contributed by atoms with Crippen molar-refractivity contribution in [3.05, 3.63) is 53.7 Å². The lowest BCUT2D eigenvalue weighted by Gasteiger charge is -2.11. The molecule has 2 heterocycles. The number of thiophene rings is 1. The van der Waals surface area contributed by atoms with Crippen molar-refractivity contribution in [3.8, 4) is 10.6 Å². The van der Waals surface area contributed by atoms with Crippen molar-refractivity contribution in [1.82, 2.24) is 10.2 Å². The second kappa shape index (κ2) is 5.58. The highest BCUT2D eigenvalue weighted by atomic mass is 32.2. The minimum atomic E-state index is -3.59. The summed E-state index contributed by atoms with van der Waals surface area (Å²) >= 11 is 1.21. The van der Waals surface area contributed by atoms with Gasteiger partial charge >= 0.3 is 0 Å². The van der Waals surface area contributed by atoms with E-state index in [1.54, 1.807) is 24.4 Å². The zero-order chi connectivity index (χ0) is 15.7. The Balaban J connectivity index is 1.94. The number of rotatable bonds is 4.